The first-order valence-corrected chi connectivity index (χ1v) is 14.1. The van der Waals surface area contributed by atoms with Crippen molar-refractivity contribution in [1.82, 2.24) is 25.6 Å². The van der Waals surface area contributed by atoms with Crippen molar-refractivity contribution >= 4 is 28.6 Å². The van der Waals surface area contributed by atoms with Crippen LogP contribution in [-0.4, -0.2) is 75.7 Å². The van der Waals surface area contributed by atoms with Crippen LogP contribution >= 0.6 is 0 Å². The second-order valence-corrected chi connectivity index (χ2v) is 10.6. The molecule has 10 nitrogen and oxygen atoms in total. The zero-order valence-electron chi connectivity index (χ0n) is 23.9. The number of hydrogen-bond acceptors (Lipinski definition) is 6. The van der Waals surface area contributed by atoms with Crippen molar-refractivity contribution in [3.63, 3.8) is 0 Å². The van der Waals surface area contributed by atoms with Gasteiger partial charge in [0.15, 0.2) is 11.5 Å². The third kappa shape index (κ3) is 7.22. The van der Waals surface area contributed by atoms with Crippen molar-refractivity contribution in [3.8, 4) is 11.5 Å². The molecule has 0 spiro atoms. The highest BCUT2D eigenvalue weighted by Crippen LogP contribution is 2.26. The largest absolute Gasteiger partial charge is 0.504 e. The van der Waals surface area contributed by atoms with Crippen molar-refractivity contribution in [2.45, 2.75) is 25.6 Å². The van der Waals surface area contributed by atoms with Crippen molar-refractivity contribution < 1.29 is 24.6 Å². The fourth-order valence-corrected chi connectivity index (χ4v) is 5.25. The van der Waals surface area contributed by atoms with Crippen molar-refractivity contribution in [3.05, 3.63) is 108 Å². The molecule has 1 heterocycles. The number of phenols is 2. The summed E-state index contributed by atoms with van der Waals surface area (Å²) >= 11 is 0. The van der Waals surface area contributed by atoms with Crippen LogP contribution in [0.25, 0.3) is 10.8 Å². The minimum absolute atomic E-state index is 0.109. The highest BCUT2D eigenvalue weighted by molar-refractivity contribution is 5.90. The van der Waals surface area contributed by atoms with Crippen molar-refractivity contribution in [2.75, 3.05) is 26.7 Å². The van der Waals surface area contributed by atoms with Gasteiger partial charge in [-0.1, -0.05) is 78.9 Å². The van der Waals surface area contributed by atoms with E-state index in [0.29, 0.717) is 18.7 Å². The van der Waals surface area contributed by atoms with Crippen molar-refractivity contribution in [2.24, 2.45) is 0 Å². The Bertz CT molecular complexity index is 1610. The first-order chi connectivity index (χ1) is 20.8. The summed E-state index contributed by atoms with van der Waals surface area (Å²) in [6.45, 7) is 0.987. The smallest absolute Gasteiger partial charge is 0.331 e. The van der Waals surface area contributed by atoms with E-state index in [2.05, 4.69) is 10.6 Å². The summed E-state index contributed by atoms with van der Waals surface area (Å²) in [6, 6.07) is 26.5. The molecule has 1 aliphatic heterocycles. The lowest BCUT2D eigenvalue weighted by atomic mass is 10.0. The number of fused-ring (bicyclic) bond motifs is 1. The quantitative estimate of drug-likeness (QED) is 0.248. The van der Waals surface area contributed by atoms with Gasteiger partial charge in [0.05, 0.1) is 6.54 Å². The van der Waals surface area contributed by atoms with Crippen LogP contribution in [0.5, 0.6) is 11.5 Å². The summed E-state index contributed by atoms with van der Waals surface area (Å²) < 4.78 is 0. The molecule has 0 unspecified atom stereocenters. The minimum atomic E-state index is -0.927. The SMILES string of the molecule is CN(C(=O)NCc1ccccc1)N1CCN(Cc2cccc3ccccc23)C(=O)[C@H](Cc2ccc(O)c(O)c2)NC(=O)C1. The molecular weight excluding hydrogens is 546 g/mol. The van der Waals surface area contributed by atoms with Gasteiger partial charge in [0.2, 0.25) is 11.8 Å². The van der Waals surface area contributed by atoms with Gasteiger partial charge >= 0.3 is 6.03 Å². The maximum atomic E-state index is 14.1. The van der Waals surface area contributed by atoms with Gasteiger partial charge in [0.25, 0.3) is 0 Å². The van der Waals surface area contributed by atoms with Gasteiger partial charge in [0, 0.05) is 39.6 Å². The van der Waals surface area contributed by atoms with E-state index in [-0.39, 0.29) is 49.5 Å². The molecule has 4 aromatic rings. The Morgan fingerprint density at radius 1 is 0.907 bits per heavy atom. The highest BCUT2D eigenvalue weighted by Gasteiger charge is 2.31. The molecule has 0 aliphatic carbocycles. The predicted octanol–water partition coefficient (Wildman–Crippen LogP) is 3.38. The van der Waals surface area contributed by atoms with Crippen LogP contribution in [0.1, 0.15) is 16.7 Å². The van der Waals surface area contributed by atoms with E-state index >= 15 is 0 Å². The fourth-order valence-electron chi connectivity index (χ4n) is 5.25. The molecule has 1 atom stereocenters. The Balaban J connectivity index is 1.40. The second kappa shape index (κ2) is 13.3. The van der Waals surface area contributed by atoms with E-state index < -0.39 is 11.9 Å². The number of urea groups is 1. The number of carbonyl (C=O) groups excluding carboxylic acids is 3. The summed E-state index contributed by atoms with van der Waals surface area (Å²) in [5.74, 6) is -1.28. The first-order valence-electron chi connectivity index (χ1n) is 14.1. The average molecular weight is 582 g/mol. The fraction of sp³-hybridized carbons (Fsp3) is 0.242. The summed E-state index contributed by atoms with van der Waals surface area (Å²) in [4.78, 5) is 42.1. The molecular formula is C33H35N5O5. The lowest BCUT2D eigenvalue weighted by Crippen LogP contribution is -2.53. The van der Waals surface area contributed by atoms with Gasteiger partial charge in [-0.2, -0.15) is 0 Å². The molecule has 222 valence electrons. The number of hydrogen-bond donors (Lipinski definition) is 4. The lowest BCUT2D eigenvalue weighted by Gasteiger charge is -2.32. The Morgan fingerprint density at radius 3 is 2.44 bits per heavy atom. The number of benzene rings is 4. The van der Waals surface area contributed by atoms with E-state index in [4.69, 9.17) is 0 Å². The number of amides is 4. The zero-order chi connectivity index (χ0) is 30.3. The van der Waals surface area contributed by atoms with Crippen LogP contribution in [0.4, 0.5) is 4.79 Å². The predicted molar refractivity (Wildman–Crippen MR) is 163 cm³/mol. The number of hydrazine groups is 1. The molecule has 5 rings (SSSR count). The van der Waals surface area contributed by atoms with Crippen LogP contribution in [-0.2, 0) is 29.1 Å². The number of nitrogens with zero attached hydrogens (tertiary/aromatic N) is 3. The Hall–Kier alpha value is -5.09. The number of aromatic hydroxyl groups is 2. The summed E-state index contributed by atoms with van der Waals surface area (Å²) in [7, 11) is 1.60. The van der Waals surface area contributed by atoms with E-state index in [9.17, 15) is 24.6 Å². The first kappa shape index (κ1) is 29.4. The van der Waals surface area contributed by atoms with E-state index in [1.54, 1.807) is 23.0 Å². The van der Waals surface area contributed by atoms with Crippen LogP contribution < -0.4 is 10.6 Å². The molecule has 4 amide bonds. The maximum absolute atomic E-state index is 14.1. The topological polar surface area (TPSA) is 125 Å². The molecule has 4 N–H and O–H groups in total. The van der Waals surface area contributed by atoms with Crippen LogP contribution in [0.2, 0.25) is 0 Å². The number of nitrogens with one attached hydrogen (secondary N) is 2. The van der Waals surface area contributed by atoms with Crippen LogP contribution in [0.3, 0.4) is 0 Å². The Morgan fingerprint density at radius 2 is 1.65 bits per heavy atom. The summed E-state index contributed by atoms with van der Waals surface area (Å²) in [5.41, 5.74) is 2.48. The lowest BCUT2D eigenvalue weighted by molar-refractivity contribution is -0.136. The minimum Gasteiger partial charge on any atom is -0.504 e. The molecule has 4 aromatic carbocycles. The normalized spacial score (nSPS) is 16.2. The molecule has 0 radical (unpaired) electrons. The third-order valence-corrected chi connectivity index (χ3v) is 7.62. The summed E-state index contributed by atoms with van der Waals surface area (Å²) in [5, 5.41) is 30.6. The zero-order valence-corrected chi connectivity index (χ0v) is 23.9. The summed E-state index contributed by atoms with van der Waals surface area (Å²) in [6.07, 6.45) is 0.109. The van der Waals surface area contributed by atoms with Gasteiger partial charge < -0.3 is 25.7 Å². The maximum Gasteiger partial charge on any atom is 0.331 e. The third-order valence-electron chi connectivity index (χ3n) is 7.62. The molecule has 1 fully saturated rings. The Labute approximate surface area is 250 Å². The number of phenolic OH excluding ortho intramolecular Hbond substituents is 2. The van der Waals surface area contributed by atoms with Gasteiger partial charge in [-0.3, -0.25) is 14.6 Å². The Kier molecular flexibility index (Phi) is 9.07. The standard InChI is InChI=1S/C33H35N5O5/c1-36(33(43)34-20-23-8-3-2-4-9-23)38-17-16-37(21-26-12-7-11-25-10-5-6-13-27(25)26)32(42)28(35-31(41)22-38)18-24-14-15-29(39)30(40)19-24/h2-15,19,28,39-40H,16-18,20-22H2,1H3,(H,34,43)(H,35,41)/t28-/m0/s1. The van der Waals surface area contributed by atoms with Gasteiger partial charge in [-0.25, -0.2) is 9.80 Å². The second-order valence-electron chi connectivity index (χ2n) is 10.6. The number of rotatable bonds is 7. The highest BCUT2D eigenvalue weighted by atomic mass is 16.3. The van der Waals surface area contributed by atoms with E-state index in [1.165, 1.54) is 17.1 Å². The monoisotopic (exact) mass is 581 g/mol. The molecule has 0 saturated carbocycles. The molecule has 43 heavy (non-hydrogen) atoms. The van der Waals surface area contributed by atoms with Gasteiger partial charge in [-0.15, -0.1) is 0 Å². The van der Waals surface area contributed by atoms with E-state index in [1.807, 2.05) is 72.8 Å². The van der Waals surface area contributed by atoms with Gasteiger partial charge in [-0.05, 0) is 39.6 Å². The van der Waals surface area contributed by atoms with Crippen molar-refractivity contribution in [1.29, 1.82) is 0 Å². The van der Waals surface area contributed by atoms with Gasteiger partial charge in [0.1, 0.15) is 6.04 Å². The number of carbonyl (C=O) groups is 3. The van der Waals surface area contributed by atoms with E-state index in [0.717, 1.165) is 21.9 Å². The van der Waals surface area contributed by atoms with Crippen LogP contribution in [0, 0.1) is 0 Å². The molecule has 1 aliphatic rings. The molecule has 1 saturated heterocycles. The average Bonchev–Trinajstić information content (AvgIpc) is 3.07. The molecule has 0 bridgehead atoms. The molecule has 10 heteroatoms. The van der Waals surface area contributed by atoms with Crippen LogP contribution in [0.15, 0.2) is 91.0 Å². The molecule has 0 aromatic heterocycles.